The van der Waals surface area contributed by atoms with Gasteiger partial charge in [-0.1, -0.05) is 11.1 Å². The minimum atomic E-state index is 0.887. The summed E-state index contributed by atoms with van der Waals surface area (Å²) >= 11 is 0. The molecule has 0 spiro atoms. The van der Waals surface area contributed by atoms with Gasteiger partial charge in [-0.3, -0.25) is 0 Å². The Hall–Kier alpha value is -1.44. The maximum atomic E-state index is 3.30. The Bertz CT molecular complexity index is 477. The van der Waals surface area contributed by atoms with E-state index in [2.05, 4.69) is 42.5 Å². The number of hydrogen-bond acceptors (Lipinski definition) is 1. The zero-order valence-electron chi connectivity index (χ0n) is 9.43. The summed E-state index contributed by atoms with van der Waals surface area (Å²) < 4.78 is 0. The highest BCUT2D eigenvalue weighted by molar-refractivity contribution is 5.44. The number of rotatable bonds is 0. The highest BCUT2D eigenvalue weighted by Crippen LogP contribution is 2.09. The minimum Gasteiger partial charge on any atom is -0.387 e. The van der Waals surface area contributed by atoms with E-state index in [4.69, 9.17) is 0 Å². The molecule has 0 aromatic carbocycles. The van der Waals surface area contributed by atoms with Crippen molar-refractivity contribution in [1.29, 1.82) is 0 Å². The van der Waals surface area contributed by atoms with Gasteiger partial charge in [-0.2, -0.15) is 0 Å². The molecule has 0 saturated carbocycles. The van der Waals surface area contributed by atoms with E-state index in [1.165, 1.54) is 21.7 Å². The molecule has 0 bridgehead atoms. The number of allylic oxidation sites excluding steroid dienone is 1. The van der Waals surface area contributed by atoms with Crippen LogP contribution in [0, 0.1) is 0 Å². The quantitative estimate of drug-likeness (QED) is 0.651. The van der Waals surface area contributed by atoms with Crippen LogP contribution in [0.2, 0.25) is 0 Å². The van der Waals surface area contributed by atoms with E-state index < -0.39 is 0 Å². The van der Waals surface area contributed by atoms with Crippen molar-refractivity contribution in [3.63, 3.8) is 0 Å². The number of nitrogens with one attached hydrogen (secondary N) is 2. The summed E-state index contributed by atoms with van der Waals surface area (Å²) in [7, 11) is 0. The van der Waals surface area contributed by atoms with E-state index in [9.17, 15) is 0 Å². The van der Waals surface area contributed by atoms with Gasteiger partial charge in [0.25, 0.3) is 0 Å². The summed E-state index contributed by atoms with van der Waals surface area (Å²) in [5, 5.41) is 5.91. The molecule has 0 aliphatic carbocycles. The van der Waals surface area contributed by atoms with Crippen molar-refractivity contribution in [3.05, 3.63) is 34.6 Å². The molecule has 1 aromatic rings. The SMILES string of the molecule is C/C1=C/NC/C=c2\[nH]cc\c2=C(/C)CC1. The van der Waals surface area contributed by atoms with Gasteiger partial charge >= 0.3 is 0 Å². The van der Waals surface area contributed by atoms with Gasteiger partial charge in [-0.15, -0.1) is 0 Å². The number of hydrogen-bond donors (Lipinski definition) is 2. The standard InChI is InChI=1S/C13H18N2/c1-10-3-4-11(2)12-5-8-15-13(12)6-7-14-9-10/h5-6,8-9,14-15H,3-4,7H2,1-2H3/b10-9-,12-11-,13-6-. The first kappa shape index (κ1) is 10.1. The molecule has 1 aliphatic heterocycles. The molecule has 1 aromatic heterocycles. The van der Waals surface area contributed by atoms with E-state index >= 15 is 0 Å². The van der Waals surface area contributed by atoms with Crippen LogP contribution in [-0.2, 0) is 0 Å². The Kier molecular flexibility index (Phi) is 2.95. The molecular formula is C13H18N2. The monoisotopic (exact) mass is 202 g/mol. The number of H-pyrrole nitrogens is 1. The Labute approximate surface area is 90.4 Å². The molecule has 2 heterocycles. The van der Waals surface area contributed by atoms with Crippen molar-refractivity contribution < 1.29 is 0 Å². The van der Waals surface area contributed by atoms with Gasteiger partial charge in [-0.05, 0) is 50.3 Å². The average Bonchev–Trinajstić information content (AvgIpc) is 2.68. The summed E-state index contributed by atoms with van der Waals surface area (Å²) in [6.07, 6.45) is 8.63. The zero-order chi connectivity index (χ0) is 10.7. The van der Waals surface area contributed by atoms with Crippen LogP contribution in [0.1, 0.15) is 26.7 Å². The summed E-state index contributed by atoms with van der Waals surface area (Å²) in [5.41, 5.74) is 2.89. The molecule has 15 heavy (non-hydrogen) atoms. The lowest BCUT2D eigenvalue weighted by Crippen LogP contribution is -2.26. The first-order valence-corrected chi connectivity index (χ1v) is 5.50. The Balaban J connectivity index is 2.46. The average molecular weight is 202 g/mol. The lowest BCUT2D eigenvalue weighted by Gasteiger charge is -2.05. The fourth-order valence-electron chi connectivity index (χ4n) is 1.91. The molecule has 1 aliphatic rings. The highest BCUT2D eigenvalue weighted by Gasteiger charge is 1.98. The Morgan fingerprint density at radius 1 is 1.20 bits per heavy atom. The van der Waals surface area contributed by atoms with E-state index in [1.54, 1.807) is 0 Å². The zero-order valence-corrected chi connectivity index (χ0v) is 9.43. The number of aromatic amines is 1. The summed E-state index contributed by atoms with van der Waals surface area (Å²) in [6, 6.07) is 2.17. The van der Waals surface area contributed by atoms with E-state index in [0.29, 0.717) is 0 Å². The largest absolute Gasteiger partial charge is 0.387 e. The first-order valence-electron chi connectivity index (χ1n) is 5.50. The van der Waals surface area contributed by atoms with Crippen LogP contribution in [0.15, 0.2) is 24.0 Å². The van der Waals surface area contributed by atoms with Crippen LogP contribution in [0.4, 0.5) is 0 Å². The number of aromatic nitrogens is 1. The maximum Gasteiger partial charge on any atom is 0.0430 e. The third-order valence-electron chi connectivity index (χ3n) is 2.91. The molecular weight excluding hydrogens is 184 g/mol. The molecule has 2 nitrogen and oxygen atoms in total. The summed E-state index contributed by atoms with van der Waals surface area (Å²) in [4.78, 5) is 3.28. The van der Waals surface area contributed by atoms with Crippen molar-refractivity contribution in [2.24, 2.45) is 0 Å². The van der Waals surface area contributed by atoms with E-state index in [0.717, 1.165) is 19.4 Å². The molecule has 0 amide bonds. The molecule has 0 atom stereocenters. The van der Waals surface area contributed by atoms with Gasteiger partial charge in [0.15, 0.2) is 0 Å². The van der Waals surface area contributed by atoms with Gasteiger partial charge < -0.3 is 10.3 Å². The molecule has 0 unspecified atom stereocenters. The van der Waals surface area contributed by atoms with Crippen LogP contribution in [-0.4, -0.2) is 11.5 Å². The topological polar surface area (TPSA) is 27.8 Å². The van der Waals surface area contributed by atoms with Crippen molar-refractivity contribution in [2.75, 3.05) is 6.54 Å². The van der Waals surface area contributed by atoms with E-state index in [1.807, 2.05) is 6.20 Å². The lowest BCUT2D eigenvalue weighted by atomic mass is 10.1. The predicted molar refractivity (Wildman–Crippen MR) is 64.6 cm³/mol. The normalized spacial score (nSPS) is 26.5. The molecule has 0 saturated heterocycles. The first-order chi connectivity index (χ1) is 7.27. The molecule has 0 radical (unpaired) electrons. The van der Waals surface area contributed by atoms with Gasteiger partial charge in [0.2, 0.25) is 0 Å². The van der Waals surface area contributed by atoms with Gasteiger partial charge in [0.05, 0.1) is 0 Å². The smallest absolute Gasteiger partial charge is 0.0430 e. The fraction of sp³-hybridized carbons (Fsp3) is 0.385. The molecule has 2 heteroatoms. The van der Waals surface area contributed by atoms with Gasteiger partial charge in [-0.25, -0.2) is 0 Å². The minimum absolute atomic E-state index is 0.887. The van der Waals surface area contributed by atoms with E-state index in [-0.39, 0.29) is 0 Å². The lowest BCUT2D eigenvalue weighted by molar-refractivity contribution is 0.918. The fourth-order valence-corrected chi connectivity index (χ4v) is 1.91. The second-order valence-electron chi connectivity index (χ2n) is 4.19. The molecule has 2 N–H and O–H groups in total. The molecule has 2 rings (SSSR count). The Morgan fingerprint density at radius 3 is 2.93 bits per heavy atom. The van der Waals surface area contributed by atoms with Gasteiger partial charge in [0.1, 0.15) is 0 Å². The van der Waals surface area contributed by atoms with Crippen LogP contribution in [0.3, 0.4) is 0 Å². The van der Waals surface area contributed by atoms with Crippen molar-refractivity contribution >= 4 is 11.6 Å². The van der Waals surface area contributed by atoms with Crippen molar-refractivity contribution in [3.8, 4) is 0 Å². The van der Waals surface area contributed by atoms with Crippen LogP contribution in [0.5, 0.6) is 0 Å². The highest BCUT2D eigenvalue weighted by atomic mass is 14.8. The second kappa shape index (κ2) is 4.39. The third kappa shape index (κ3) is 2.32. The summed E-state index contributed by atoms with van der Waals surface area (Å²) in [6.45, 7) is 5.29. The van der Waals surface area contributed by atoms with Crippen molar-refractivity contribution in [2.45, 2.75) is 26.7 Å². The van der Waals surface area contributed by atoms with Crippen LogP contribution < -0.4 is 15.9 Å². The third-order valence-corrected chi connectivity index (χ3v) is 2.91. The Morgan fingerprint density at radius 2 is 2.07 bits per heavy atom. The van der Waals surface area contributed by atoms with Crippen LogP contribution >= 0.6 is 0 Å². The second-order valence-corrected chi connectivity index (χ2v) is 4.19. The number of fused-ring (bicyclic) bond motifs is 1. The van der Waals surface area contributed by atoms with Crippen molar-refractivity contribution in [1.82, 2.24) is 10.3 Å². The van der Waals surface area contributed by atoms with Crippen LogP contribution in [0.25, 0.3) is 11.6 Å². The molecule has 80 valence electrons. The molecule has 0 fully saturated rings. The predicted octanol–water partition coefficient (Wildman–Crippen LogP) is 1.25. The van der Waals surface area contributed by atoms with Gasteiger partial charge in [0, 0.05) is 18.1 Å². The maximum absolute atomic E-state index is 3.30. The summed E-state index contributed by atoms with van der Waals surface area (Å²) in [5.74, 6) is 0.